The van der Waals surface area contributed by atoms with E-state index in [0.29, 0.717) is 23.5 Å². The first-order valence-corrected chi connectivity index (χ1v) is 7.39. The van der Waals surface area contributed by atoms with E-state index >= 15 is 0 Å². The summed E-state index contributed by atoms with van der Waals surface area (Å²) in [4.78, 5) is 17.4. The van der Waals surface area contributed by atoms with Gasteiger partial charge in [-0.2, -0.15) is 0 Å². The fourth-order valence-electron chi connectivity index (χ4n) is 1.53. The minimum atomic E-state index is -0.310. The first kappa shape index (κ1) is 17.4. The number of likely N-dealkylation sites (N-methyl/N-ethyl adjacent to an activating group) is 1. The second kappa shape index (κ2) is 8.61. The van der Waals surface area contributed by atoms with Crippen LogP contribution in [0.1, 0.15) is 12.5 Å². The van der Waals surface area contributed by atoms with Crippen LogP contribution >= 0.6 is 15.9 Å². The van der Waals surface area contributed by atoms with Crippen molar-refractivity contribution in [3.63, 3.8) is 0 Å². The van der Waals surface area contributed by atoms with Crippen LogP contribution in [0.3, 0.4) is 0 Å². The Hall–Kier alpha value is -1.63. The summed E-state index contributed by atoms with van der Waals surface area (Å²) in [5.74, 6) is 0.164. The molecule has 0 aliphatic rings. The van der Waals surface area contributed by atoms with Crippen molar-refractivity contribution in [3.05, 3.63) is 34.1 Å². The largest absolute Gasteiger partial charge is 0.357 e. The maximum Gasteiger partial charge on any atom is 0.241 e. The molecule has 0 aliphatic heterocycles. The molecule has 21 heavy (non-hydrogen) atoms. The summed E-state index contributed by atoms with van der Waals surface area (Å²) in [7, 11) is 3.39. The van der Waals surface area contributed by atoms with Crippen molar-refractivity contribution < 1.29 is 9.18 Å². The molecule has 1 aromatic rings. The van der Waals surface area contributed by atoms with Gasteiger partial charge in [0.2, 0.25) is 5.91 Å². The number of nitrogens with zero attached hydrogens (tertiary/aromatic N) is 2. The summed E-state index contributed by atoms with van der Waals surface area (Å²) >= 11 is 3.25. The van der Waals surface area contributed by atoms with Crippen LogP contribution in [0.15, 0.2) is 27.7 Å². The maximum atomic E-state index is 13.3. The number of aliphatic imine (C=N–C) groups is 1. The highest BCUT2D eigenvalue weighted by Gasteiger charge is 2.05. The lowest BCUT2D eigenvalue weighted by atomic mass is 10.2. The van der Waals surface area contributed by atoms with Gasteiger partial charge in [-0.25, -0.2) is 9.38 Å². The Balaban J connectivity index is 2.68. The van der Waals surface area contributed by atoms with Gasteiger partial charge in [-0.05, 0) is 30.7 Å². The molecule has 5 nitrogen and oxygen atoms in total. The van der Waals surface area contributed by atoms with E-state index in [2.05, 4.69) is 31.6 Å². The molecule has 0 radical (unpaired) electrons. The number of hydrogen-bond acceptors (Lipinski definition) is 2. The zero-order valence-electron chi connectivity index (χ0n) is 12.4. The maximum absolute atomic E-state index is 13.3. The van der Waals surface area contributed by atoms with Gasteiger partial charge in [0.1, 0.15) is 5.82 Å². The molecule has 0 unspecified atom stereocenters. The molecule has 0 fully saturated rings. The van der Waals surface area contributed by atoms with E-state index < -0.39 is 0 Å². The Kier molecular flexibility index (Phi) is 7.14. The second-order valence-corrected chi connectivity index (χ2v) is 5.53. The third kappa shape index (κ3) is 6.57. The normalized spacial score (nSPS) is 11.2. The summed E-state index contributed by atoms with van der Waals surface area (Å²) < 4.78 is 14.0. The van der Waals surface area contributed by atoms with Crippen molar-refractivity contribution in [2.75, 3.05) is 27.2 Å². The smallest absolute Gasteiger partial charge is 0.241 e. The molecule has 116 valence electrons. The minimum absolute atomic E-state index is 0.0471. The Bertz CT molecular complexity index is 499. The number of carbonyl (C=O) groups excluding carboxylic acids is 1. The molecule has 0 aliphatic carbocycles. The highest BCUT2D eigenvalue weighted by molar-refractivity contribution is 9.10. The lowest BCUT2D eigenvalue weighted by molar-refractivity contribution is -0.127. The zero-order chi connectivity index (χ0) is 15.8. The molecular formula is C14H20BrFN4O. The molecule has 0 saturated carbocycles. The molecule has 1 rings (SSSR count). The number of nitrogens with one attached hydrogen (secondary N) is 2. The lowest BCUT2D eigenvalue weighted by Crippen LogP contribution is -2.42. The molecule has 0 spiro atoms. The van der Waals surface area contributed by atoms with Crippen molar-refractivity contribution in [1.82, 2.24) is 15.5 Å². The van der Waals surface area contributed by atoms with Crippen LogP contribution in [-0.2, 0) is 11.3 Å². The number of halogens is 2. The zero-order valence-corrected chi connectivity index (χ0v) is 14.0. The predicted molar refractivity (Wildman–Crippen MR) is 85.6 cm³/mol. The first-order chi connectivity index (χ1) is 9.92. The highest BCUT2D eigenvalue weighted by atomic mass is 79.9. The van der Waals surface area contributed by atoms with Crippen LogP contribution in [-0.4, -0.2) is 44.0 Å². The summed E-state index contributed by atoms with van der Waals surface area (Å²) in [6.07, 6.45) is 0. The Morgan fingerprint density at radius 2 is 2.05 bits per heavy atom. The molecule has 0 saturated heterocycles. The number of benzene rings is 1. The molecule has 0 heterocycles. The van der Waals surface area contributed by atoms with E-state index in [1.165, 1.54) is 17.0 Å². The van der Waals surface area contributed by atoms with E-state index in [0.717, 1.165) is 5.56 Å². The van der Waals surface area contributed by atoms with Gasteiger partial charge in [0, 0.05) is 25.1 Å². The standard InChI is InChI=1S/C14H20BrFN4O/c1-4-17-14(19-9-13(21)20(2)3)18-8-10-5-11(15)7-12(16)6-10/h5-7H,4,8-9H2,1-3H3,(H2,17,18,19). The number of carbonyl (C=O) groups is 1. The number of guanidine groups is 1. The van der Waals surface area contributed by atoms with Gasteiger partial charge in [0.25, 0.3) is 0 Å². The van der Waals surface area contributed by atoms with E-state index in [1.807, 2.05) is 6.92 Å². The lowest BCUT2D eigenvalue weighted by Gasteiger charge is -2.14. The van der Waals surface area contributed by atoms with Crippen molar-refractivity contribution >= 4 is 27.8 Å². The fraction of sp³-hybridized carbons (Fsp3) is 0.429. The van der Waals surface area contributed by atoms with Crippen LogP contribution in [0.2, 0.25) is 0 Å². The highest BCUT2D eigenvalue weighted by Crippen LogP contribution is 2.15. The Labute approximate surface area is 132 Å². The summed E-state index contributed by atoms with van der Waals surface area (Å²) in [5, 5.41) is 5.98. The van der Waals surface area contributed by atoms with Gasteiger partial charge in [-0.3, -0.25) is 4.79 Å². The molecule has 7 heteroatoms. The van der Waals surface area contributed by atoms with Crippen molar-refractivity contribution in [2.24, 2.45) is 4.99 Å². The van der Waals surface area contributed by atoms with Gasteiger partial charge in [-0.15, -0.1) is 0 Å². The van der Waals surface area contributed by atoms with Crippen LogP contribution in [0.5, 0.6) is 0 Å². The van der Waals surface area contributed by atoms with Crippen LogP contribution in [0, 0.1) is 5.82 Å². The van der Waals surface area contributed by atoms with Gasteiger partial charge in [-0.1, -0.05) is 15.9 Å². The molecule has 2 N–H and O–H groups in total. The van der Waals surface area contributed by atoms with Gasteiger partial charge < -0.3 is 15.5 Å². The molecule has 1 amide bonds. The van der Waals surface area contributed by atoms with Crippen molar-refractivity contribution in [2.45, 2.75) is 13.5 Å². The Morgan fingerprint density at radius 3 is 2.62 bits per heavy atom. The molecule has 0 atom stereocenters. The predicted octanol–water partition coefficient (Wildman–Crippen LogP) is 1.73. The van der Waals surface area contributed by atoms with Gasteiger partial charge in [0.05, 0.1) is 13.1 Å². The fourth-order valence-corrected chi connectivity index (χ4v) is 2.04. The Morgan fingerprint density at radius 1 is 1.33 bits per heavy atom. The van der Waals surface area contributed by atoms with E-state index in [1.54, 1.807) is 20.2 Å². The number of amides is 1. The molecule has 1 aromatic carbocycles. The van der Waals surface area contributed by atoms with Crippen LogP contribution < -0.4 is 10.6 Å². The van der Waals surface area contributed by atoms with Crippen molar-refractivity contribution in [3.8, 4) is 0 Å². The average Bonchev–Trinajstić information content (AvgIpc) is 2.40. The topological polar surface area (TPSA) is 56.7 Å². The summed E-state index contributed by atoms with van der Waals surface area (Å²) in [6.45, 7) is 3.09. The molecular weight excluding hydrogens is 339 g/mol. The first-order valence-electron chi connectivity index (χ1n) is 6.59. The van der Waals surface area contributed by atoms with E-state index in [-0.39, 0.29) is 18.3 Å². The molecule has 0 bridgehead atoms. The second-order valence-electron chi connectivity index (χ2n) is 4.61. The number of hydrogen-bond donors (Lipinski definition) is 2. The van der Waals surface area contributed by atoms with Crippen LogP contribution in [0.25, 0.3) is 0 Å². The monoisotopic (exact) mass is 358 g/mol. The molecule has 0 aromatic heterocycles. The van der Waals surface area contributed by atoms with E-state index in [9.17, 15) is 9.18 Å². The van der Waals surface area contributed by atoms with Gasteiger partial charge in [0.15, 0.2) is 5.96 Å². The average molecular weight is 359 g/mol. The third-order valence-electron chi connectivity index (χ3n) is 2.59. The quantitative estimate of drug-likeness (QED) is 0.622. The van der Waals surface area contributed by atoms with Crippen molar-refractivity contribution in [1.29, 1.82) is 0 Å². The minimum Gasteiger partial charge on any atom is -0.357 e. The van der Waals surface area contributed by atoms with Gasteiger partial charge >= 0.3 is 0 Å². The third-order valence-corrected chi connectivity index (χ3v) is 3.05. The van der Waals surface area contributed by atoms with E-state index in [4.69, 9.17) is 0 Å². The summed E-state index contributed by atoms with van der Waals surface area (Å²) in [5.41, 5.74) is 0.748. The SMILES string of the molecule is CCNC(=NCc1cc(F)cc(Br)c1)NCC(=O)N(C)C. The number of rotatable bonds is 5. The van der Waals surface area contributed by atoms with Crippen LogP contribution in [0.4, 0.5) is 4.39 Å². The summed E-state index contributed by atoms with van der Waals surface area (Å²) in [6, 6.07) is 4.64.